The Morgan fingerprint density at radius 2 is 2.00 bits per heavy atom. The zero-order chi connectivity index (χ0) is 13.7. The van der Waals surface area contributed by atoms with Crippen LogP contribution in [-0.2, 0) is 19.6 Å². The monoisotopic (exact) mass is 254 g/mol. The van der Waals surface area contributed by atoms with Crippen LogP contribution in [-0.4, -0.2) is 9.78 Å². The molecule has 2 rings (SSSR count). The van der Waals surface area contributed by atoms with Crippen LogP contribution in [0.3, 0.4) is 0 Å². The lowest BCUT2D eigenvalue weighted by Gasteiger charge is -2.07. The zero-order valence-corrected chi connectivity index (χ0v) is 11.3. The minimum Gasteiger partial charge on any atom is -0.307 e. The molecule has 0 radical (unpaired) electrons. The molecule has 1 aromatic heterocycles. The fraction of sp³-hybridized carbons (Fsp3) is 0.333. The summed E-state index contributed by atoms with van der Waals surface area (Å²) in [6, 6.07) is 11.9. The van der Waals surface area contributed by atoms with Crippen molar-refractivity contribution in [1.29, 1.82) is 5.26 Å². The minimum atomic E-state index is 0.698. The average molecular weight is 254 g/mol. The largest absolute Gasteiger partial charge is 0.307 e. The number of benzene rings is 1. The molecule has 0 aliphatic rings. The van der Waals surface area contributed by atoms with Gasteiger partial charge in [0.1, 0.15) is 0 Å². The molecule has 0 bridgehead atoms. The number of nitriles is 1. The first kappa shape index (κ1) is 13.3. The van der Waals surface area contributed by atoms with Gasteiger partial charge in [-0.05, 0) is 37.6 Å². The summed E-state index contributed by atoms with van der Waals surface area (Å²) >= 11 is 0. The molecule has 0 spiro atoms. The third kappa shape index (κ3) is 3.43. The summed E-state index contributed by atoms with van der Waals surface area (Å²) in [5, 5.41) is 16.6. The molecule has 0 atom stereocenters. The van der Waals surface area contributed by atoms with Gasteiger partial charge in [-0.15, -0.1) is 0 Å². The predicted molar refractivity (Wildman–Crippen MR) is 74.3 cm³/mol. The van der Waals surface area contributed by atoms with Gasteiger partial charge in [0.2, 0.25) is 0 Å². The van der Waals surface area contributed by atoms with Crippen molar-refractivity contribution in [1.82, 2.24) is 15.1 Å². The van der Waals surface area contributed by atoms with Gasteiger partial charge in [0.05, 0.1) is 23.0 Å². The Hall–Kier alpha value is -2.12. The Labute approximate surface area is 113 Å². The number of aryl methyl sites for hydroxylation is 2. The van der Waals surface area contributed by atoms with Gasteiger partial charge in [0, 0.05) is 19.6 Å². The van der Waals surface area contributed by atoms with Crippen LogP contribution in [0.4, 0.5) is 0 Å². The van der Waals surface area contributed by atoms with Crippen molar-refractivity contribution in [3.8, 4) is 6.07 Å². The Balaban J connectivity index is 1.90. The molecular weight excluding hydrogens is 236 g/mol. The minimum absolute atomic E-state index is 0.698. The molecule has 0 aliphatic heterocycles. The topological polar surface area (TPSA) is 53.6 Å². The number of hydrogen-bond donors (Lipinski definition) is 1. The van der Waals surface area contributed by atoms with E-state index in [1.54, 1.807) is 0 Å². The van der Waals surface area contributed by atoms with E-state index in [0.717, 1.165) is 25.3 Å². The quantitative estimate of drug-likeness (QED) is 0.891. The second kappa shape index (κ2) is 6.17. The molecule has 1 heterocycles. The highest BCUT2D eigenvalue weighted by Crippen LogP contribution is 2.06. The summed E-state index contributed by atoms with van der Waals surface area (Å²) in [6.07, 6.45) is 0. The molecule has 0 aliphatic carbocycles. The Bertz CT molecular complexity index is 575. The van der Waals surface area contributed by atoms with Crippen LogP contribution in [0.2, 0.25) is 0 Å². The van der Waals surface area contributed by atoms with Crippen LogP contribution in [0.25, 0.3) is 0 Å². The van der Waals surface area contributed by atoms with Crippen molar-refractivity contribution >= 4 is 0 Å². The number of rotatable bonds is 5. The molecule has 1 aromatic carbocycles. The Morgan fingerprint density at radius 3 is 2.63 bits per heavy atom. The van der Waals surface area contributed by atoms with Crippen LogP contribution < -0.4 is 5.32 Å². The van der Waals surface area contributed by atoms with Crippen LogP contribution >= 0.6 is 0 Å². The number of nitrogens with zero attached hydrogens (tertiary/aromatic N) is 3. The van der Waals surface area contributed by atoms with E-state index in [1.165, 1.54) is 11.3 Å². The van der Waals surface area contributed by atoms with Crippen LogP contribution in [0.15, 0.2) is 30.3 Å². The van der Waals surface area contributed by atoms with Gasteiger partial charge in [-0.2, -0.15) is 10.4 Å². The lowest BCUT2D eigenvalue weighted by Crippen LogP contribution is -2.16. The number of hydrogen-bond acceptors (Lipinski definition) is 3. The lowest BCUT2D eigenvalue weighted by molar-refractivity contribution is 0.579. The average Bonchev–Trinajstić information content (AvgIpc) is 2.80. The highest BCUT2D eigenvalue weighted by atomic mass is 15.3. The van der Waals surface area contributed by atoms with E-state index in [4.69, 9.17) is 5.26 Å². The first-order valence-electron chi connectivity index (χ1n) is 6.46. The maximum absolute atomic E-state index is 8.74. The molecule has 0 amide bonds. The number of aromatic nitrogens is 2. The van der Waals surface area contributed by atoms with Crippen molar-refractivity contribution < 1.29 is 0 Å². The van der Waals surface area contributed by atoms with E-state index in [2.05, 4.69) is 29.5 Å². The van der Waals surface area contributed by atoms with Gasteiger partial charge in [0.15, 0.2) is 0 Å². The van der Waals surface area contributed by atoms with E-state index in [0.29, 0.717) is 5.56 Å². The van der Waals surface area contributed by atoms with Gasteiger partial charge in [0.25, 0.3) is 0 Å². The van der Waals surface area contributed by atoms with Gasteiger partial charge >= 0.3 is 0 Å². The molecule has 0 saturated heterocycles. The third-order valence-electron chi connectivity index (χ3n) is 3.00. The summed E-state index contributed by atoms with van der Waals surface area (Å²) in [7, 11) is 0. The van der Waals surface area contributed by atoms with Crippen molar-refractivity contribution in [3.05, 3.63) is 52.8 Å². The zero-order valence-electron chi connectivity index (χ0n) is 11.3. The molecule has 2 aromatic rings. The Kier molecular flexibility index (Phi) is 4.32. The maximum Gasteiger partial charge on any atom is 0.0991 e. The fourth-order valence-electron chi connectivity index (χ4n) is 2.05. The second-order valence-electron chi connectivity index (χ2n) is 4.51. The predicted octanol–water partition coefficient (Wildman–Crippen LogP) is 2.37. The van der Waals surface area contributed by atoms with E-state index >= 15 is 0 Å². The van der Waals surface area contributed by atoms with Gasteiger partial charge in [-0.25, -0.2) is 0 Å². The van der Waals surface area contributed by atoms with Crippen LogP contribution in [0, 0.1) is 18.3 Å². The first-order chi connectivity index (χ1) is 9.22. The summed E-state index contributed by atoms with van der Waals surface area (Å²) in [5.74, 6) is 0. The van der Waals surface area contributed by atoms with Gasteiger partial charge < -0.3 is 5.32 Å². The van der Waals surface area contributed by atoms with E-state index < -0.39 is 0 Å². The second-order valence-corrected chi connectivity index (χ2v) is 4.51. The third-order valence-corrected chi connectivity index (χ3v) is 3.00. The SMILES string of the molecule is CCn1nc(C)cc1CNCc1ccc(C#N)cc1. The molecule has 1 N–H and O–H groups in total. The summed E-state index contributed by atoms with van der Waals surface area (Å²) in [6.45, 7) is 6.59. The highest BCUT2D eigenvalue weighted by molar-refractivity contribution is 5.31. The molecule has 98 valence electrons. The lowest BCUT2D eigenvalue weighted by atomic mass is 10.1. The van der Waals surface area contributed by atoms with Gasteiger partial charge in [-0.3, -0.25) is 4.68 Å². The molecule has 0 fully saturated rings. The Morgan fingerprint density at radius 1 is 1.26 bits per heavy atom. The normalized spacial score (nSPS) is 10.4. The molecule has 0 unspecified atom stereocenters. The fourth-order valence-corrected chi connectivity index (χ4v) is 2.05. The van der Waals surface area contributed by atoms with Crippen molar-refractivity contribution in [2.45, 2.75) is 33.5 Å². The van der Waals surface area contributed by atoms with E-state index in [-0.39, 0.29) is 0 Å². The molecular formula is C15H18N4. The molecule has 0 saturated carbocycles. The van der Waals surface area contributed by atoms with Gasteiger partial charge in [-0.1, -0.05) is 12.1 Å². The summed E-state index contributed by atoms with van der Waals surface area (Å²) in [5.41, 5.74) is 4.13. The molecule has 4 heteroatoms. The van der Waals surface area contributed by atoms with Crippen molar-refractivity contribution in [2.24, 2.45) is 0 Å². The number of nitrogens with one attached hydrogen (secondary N) is 1. The summed E-state index contributed by atoms with van der Waals surface area (Å²) in [4.78, 5) is 0. The smallest absolute Gasteiger partial charge is 0.0991 e. The van der Waals surface area contributed by atoms with Crippen LogP contribution in [0.5, 0.6) is 0 Å². The first-order valence-corrected chi connectivity index (χ1v) is 6.46. The van der Waals surface area contributed by atoms with Crippen LogP contribution in [0.1, 0.15) is 29.4 Å². The van der Waals surface area contributed by atoms with E-state index in [9.17, 15) is 0 Å². The van der Waals surface area contributed by atoms with Crippen molar-refractivity contribution in [2.75, 3.05) is 0 Å². The summed E-state index contributed by atoms with van der Waals surface area (Å²) < 4.78 is 2.01. The molecule has 19 heavy (non-hydrogen) atoms. The highest BCUT2D eigenvalue weighted by Gasteiger charge is 2.03. The maximum atomic E-state index is 8.74. The van der Waals surface area contributed by atoms with Crippen molar-refractivity contribution in [3.63, 3.8) is 0 Å². The van der Waals surface area contributed by atoms with E-state index in [1.807, 2.05) is 35.9 Å². The standard InChI is InChI=1S/C15H18N4/c1-3-19-15(8-12(2)18-19)11-17-10-14-6-4-13(9-16)5-7-14/h4-8,17H,3,10-11H2,1-2H3. The molecule has 4 nitrogen and oxygen atoms in total.